The Bertz CT molecular complexity index is 870. The smallest absolute Gasteiger partial charge is 0.306 e. The first-order valence-corrected chi connectivity index (χ1v) is 24.7. The van der Waals surface area contributed by atoms with Crippen molar-refractivity contribution < 1.29 is 28.6 Å². The minimum Gasteiger partial charge on any atom is -0.462 e. The van der Waals surface area contributed by atoms with E-state index in [1.165, 1.54) is 167 Å². The molecule has 0 amide bonds. The number of esters is 3. The fourth-order valence-electron chi connectivity index (χ4n) is 7.25. The summed E-state index contributed by atoms with van der Waals surface area (Å²) in [6, 6.07) is 0. The molecule has 0 spiro atoms. The number of allylic oxidation sites excluding steroid dienone is 2. The molecule has 0 heterocycles. The highest BCUT2D eigenvalue weighted by Gasteiger charge is 2.19. The van der Waals surface area contributed by atoms with Crippen LogP contribution in [0.3, 0.4) is 0 Å². The van der Waals surface area contributed by atoms with Gasteiger partial charge in [0.05, 0.1) is 0 Å². The van der Waals surface area contributed by atoms with Gasteiger partial charge in [-0.05, 0) is 38.5 Å². The van der Waals surface area contributed by atoms with Gasteiger partial charge in [-0.3, -0.25) is 14.4 Å². The zero-order valence-corrected chi connectivity index (χ0v) is 37.7. The molecule has 56 heavy (non-hydrogen) atoms. The summed E-state index contributed by atoms with van der Waals surface area (Å²) < 4.78 is 16.7. The Kier molecular flexibility index (Phi) is 44.3. The zero-order valence-electron chi connectivity index (χ0n) is 37.7. The molecule has 0 aromatic carbocycles. The van der Waals surface area contributed by atoms with Crippen LogP contribution in [0.1, 0.15) is 271 Å². The van der Waals surface area contributed by atoms with Crippen LogP contribution in [-0.4, -0.2) is 37.2 Å². The Morgan fingerprint density at radius 3 is 0.946 bits per heavy atom. The van der Waals surface area contributed by atoms with E-state index in [4.69, 9.17) is 14.2 Å². The molecule has 0 rings (SSSR count). The van der Waals surface area contributed by atoms with E-state index in [0.717, 1.165) is 64.2 Å². The topological polar surface area (TPSA) is 78.9 Å². The number of rotatable bonds is 45. The fraction of sp³-hybridized carbons (Fsp3) is 0.900. The summed E-state index contributed by atoms with van der Waals surface area (Å²) in [5.74, 6) is -0.866. The first kappa shape index (κ1) is 54.2. The maximum atomic E-state index is 12.7. The van der Waals surface area contributed by atoms with Crippen molar-refractivity contribution in [1.29, 1.82) is 0 Å². The van der Waals surface area contributed by atoms with Gasteiger partial charge in [-0.2, -0.15) is 0 Å². The number of carbonyl (C=O) groups excluding carboxylic acids is 3. The molecule has 0 aliphatic carbocycles. The van der Waals surface area contributed by atoms with Crippen LogP contribution in [0.15, 0.2) is 12.2 Å². The van der Waals surface area contributed by atoms with E-state index in [2.05, 4.69) is 32.9 Å². The van der Waals surface area contributed by atoms with Gasteiger partial charge in [0.25, 0.3) is 0 Å². The lowest BCUT2D eigenvalue weighted by Gasteiger charge is -2.18. The Hall–Kier alpha value is -1.85. The van der Waals surface area contributed by atoms with Crippen molar-refractivity contribution in [2.75, 3.05) is 13.2 Å². The van der Waals surface area contributed by atoms with Crippen molar-refractivity contribution in [3.63, 3.8) is 0 Å². The van der Waals surface area contributed by atoms with Crippen molar-refractivity contribution >= 4 is 17.9 Å². The van der Waals surface area contributed by atoms with Gasteiger partial charge in [0, 0.05) is 19.3 Å². The molecule has 0 N–H and O–H groups in total. The lowest BCUT2D eigenvalue weighted by atomic mass is 10.0. The maximum Gasteiger partial charge on any atom is 0.306 e. The molecule has 6 nitrogen and oxygen atoms in total. The van der Waals surface area contributed by atoms with E-state index < -0.39 is 6.10 Å². The average Bonchev–Trinajstić information content (AvgIpc) is 3.19. The van der Waals surface area contributed by atoms with Crippen LogP contribution in [0.5, 0.6) is 0 Å². The highest BCUT2D eigenvalue weighted by molar-refractivity contribution is 5.71. The minimum atomic E-state index is -0.766. The van der Waals surface area contributed by atoms with Crippen LogP contribution in [-0.2, 0) is 28.6 Å². The largest absolute Gasteiger partial charge is 0.462 e. The second-order valence-corrected chi connectivity index (χ2v) is 16.7. The highest BCUT2D eigenvalue weighted by atomic mass is 16.6. The van der Waals surface area contributed by atoms with Crippen molar-refractivity contribution in [3.8, 4) is 0 Å². The Morgan fingerprint density at radius 2 is 0.607 bits per heavy atom. The molecular formula is C50H94O6. The normalized spacial score (nSPS) is 12.0. The highest BCUT2D eigenvalue weighted by Crippen LogP contribution is 2.16. The fourth-order valence-corrected chi connectivity index (χ4v) is 7.25. The van der Waals surface area contributed by atoms with Gasteiger partial charge in [-0.25, -0.2) is 0 Å². The lowest BCUT2D eigenvalue weighted by Crippen LogP contribution is -2.30. The van der Waals surface area contributed by atoms with Crippen molar-refractivity contribution in [2.45, 2.75) is 277 Å². The lowest BCUT2D eigenvalue weighted by molar-refractivity contribution is -0.167. The summed E-state index contributed by atoms with van der Waals surface area (Å²) in [5.41, 5.74) is 0. The molecule has 0 unspecified atom stereocenters. The van der Waals surface area contributed by atoms with Crippen LogP contribution in [0.25, 0.3) is 0 Å². The van der Waals surface area contributed by atoms with Crippen molar-refractivity contribution in [1.82, 2.24) is 0 Å². The van der Waals surface area contributed by atoms with Crippen molar-refractivity contribution in [2.24, 2.45) is 0 Å². The molecule has 6 heteroatoms. The summed E-state index contributed by atoms with van der Waals surface area (Å²) in [5, 5.41) is 0. The minimum absolute atomic E-state index is 0.0685. The van der Waals surface area contributed by atoms with Crippen molar-refractivity contribution in [3.05, 3.63) is 12.2 Å². The third kappa shape index (κ3) is 43.3. The Balaban J connectivity index is 4.29. The number of hydrogen-bond donors (Lipinski definition) is 0. The third-order valence-electron chi connectivity index (χ3n) is 11.0. The molecule has 0 aliphatic heterocycles. The molecule has 1 atom stereocenters. The van der Waals surface area contributed by atoms with E-state index in [9.17, 15) is 14.4 Å². The van der Waals surface area contributed by atoms with Gasteiger partial charge in [0.15, 0.2) is 6.10 Å². The SMILES string of the molecule is CCCC/C=C\CCCCCCCC(=O)O[C@H](COC(=O)CCCCCCCCCCCCC)COC(=O)CCCCCCCCCCCCCCCCCC. The average molecular weight is 791 g/mol. The van der Waals surface area contributed by atoms with Gasteiger partial charge in [0.1, 0.15) is 13.2 Å². The Labute approximate surface area is 348 Å². The standard InChI is InChI=1S/C50H94O6/c1-4-7-10-13-16-19-22-23-24-25-26-29-31-34-37-40-43-49(52)55-46-47(56-50(53)44-41-38-35-32-28-21-18-15-12-9-6-3)45-54-48(51)42-39-36-33-30-27-20-17-14-11-8-5-2/h15,18,47H,4-14,16-17,19-46H2,1-3H3/b18-15-/t47-/m1/s1. The van der Waals surface area contributed by atoms with Crippen LogP contribution in [0, 0.1) is 0 Å². The molecule has 0 aromatic heterocycles. The maximum absolute atomic E-state index is 12.7. The second-order valence-electron chi connectivity index (χ2n) is 16.7. The first-order valence-electron chi connectivity index (χ1n) is 24.7. The summed E-state index contributed by atoms with van der Waals surface area (Å²) in [6.07, 6.45) is 49.1. The van der Waals surface area contributed by atoms with E-state index in [0.29, 0.717) is 19.3 Å². The summed E-state index contributed by atoms with van der Waals surface area (Å²) in [4.78, 5) is 37.8. The van der Waals surface area contributed by atoms with Gasteiger partial charge >= 0.3 is 17.9 Å². The monoisotopic (exact) mass is 791 g/mol. The molecular weight excluding hydrogens is 697 g/mol. The summed E-state index contributed by atoms with van der Waals surface area (Å²) in [6.45, 7) is 6.61. The Morgan fingerprint density at radius 1 is 0.339 bits per heavy atom. The van der Waals surface area contributed by atoms with Crippen LogP contribution >= 0.6 is 0 Å². The van der Waals surface area contributed by atoms with E-state index >= 15 is 0 Å². The first-order chi connectivity index (χ1) is 27.5. The molecule has 0 aliphatic rings. The zero-order chi connectivity index (χ0) is 40.8. The number of hydrogen-bond acceptors (Lipinski definition) is 6. The van der Waals surface area contributed by atoms with Gasteiger partial charge < -0.3 is 14.2 Å². The molecule has 330 valence electrons. The molecule has 0 fully saturated rings. The molecule has 0 saturated carbocycles. The van der Waals surface area contributed by atoms with E-state index in [1.807, 2.05) is 0 Å². The summed E-state index contributed by atoms with van der Waals surface area (Å²) >= 11 is 0. The second kappa shape index (κ2) is 45.8. The molecule has 0 radical (unpaired) electrons. The van der Waals surface area contributed by atoms with E-state index in [-0.39, 0.29) is 31.1 Å². The van der Waals surface area contributed by atoms with Gasteiger partial charge in [-0.15, -0.1) is 0 Å². The number of carbonyl (C=O) groups is 3. The van der Waals surface area contributed by atoms with Gasteiger partial charge in [0.2, 0.25) is 0 Å². The molecule has 0 aromatic rings. The van der Waals surface area contributed by atoms with E-state index in [1.54, 1.807) is 0 Å². The number of unbranched alkanes of at least 4 members (excludes halogenated alkanes) is 32. The number of ether oxygens (including phenoxy) is 3. The third-order valence-corrected chi connectivity index (χ3v) is 11.0. The van der Waals surface area contributed by atoms with Crippen LogP contribution < -0.4 is 0 Å². The quantitative estimate of drug-likeness (QED) is 0.0264. The van der Waals surface area contributed by atoms with Gasteiger partial charge in [-0.1, -0.05) is 226 Å². The molecule has 0 saturated heterocycles. The predicted molar refractivity (Wildman–Crippen MR) is 238 cm³/mol. The van der Waals surface area contributed by atoms with Crippen LogP contribution in [0.4, 0.5) is 0 Å². The molecule has 0 bridgehead atoms. The summed E-state index contributed by atoms with van der Waals surface area (Å²) in [7, 11) is 0. The van der Waals surface area contributed by atoms with Crippen LogP contribution in [0.2, 0.25) is 0 Å². The predicted octanol–water partition coefficient (Wildman–Crippen LogP) is 15.8.